The van der Waals surface area contributed by atoms with E-state index in [4.69, 9.17) is 17.3 Å². The van der Waals surface area contributed by atoms with Crippen molar-refractivity contribution >= 4 is 29.1 Å². The van der Waals surface area contributed by atoms with Gasteiger partial charge in [0.15, 0.2) is 0 Å². The van der Waals surface area contributed by atoms with E-state index in [2.05, 4.69) is 15.6 Å². The maximum atomic E-state index is 13.5. The summed E-state index contributed by atoms with van der Waals surface area (Å²) in [6.07, 6.45) is 1.13. The second kappa shape index (κ2) is 8.23. The zero-order valence-corrected chi connectivity index (χ0v) is 18.2. The van der Waals surface area contributed by atoms with E-state index in [1.165, 1.54) is 16.6 Å². The van der Waals surface area contributed by atoms with E-state index in [1.807, 2.05) is 20.8 Å². The van der Waals surface area contributed by atoms with Crippen molar-refractivity contribution in [1.82, 2.24) is 25.2 Å². The first kappa shape index (κ1) is 22.0. The molecule has 0 spiro atoms. The Morgan fingerprint density at radius 3 is 2.67 bits per heavy atom. The predicted molar refractivity (Wildman–Crippen MR) is 114 cm³/mol. The number of carbonyl (C=O) groups is 2. The average Bonchev–Trinajstić information content (AvgIpc) is 3.29. The van der Waals surface area contributed by atoms with E-state index in [9.17, 15) is 14.7 Å². The van der Waals surface area contributed by atoms with Crippen molar-refractivity contribution in [3.8, 4) is 11.3 Å². The summed E-state index contributed by atoms with van der Waals surface area (Å²) in [5.74, 6) is -0.595. The van der Waals surface area contributed by atoms with E-state index < -0.39 is 23.6 Å². The monoisotopic (exact) mass is 434 g/mol. The number of aromatic nitrogens is 3. The summed E-state index contributed by atoms with van der Waals surface area (Å²) >= 11 is 6.11. The molecule has 0 unspecified atom stereocenters. The highest BCUT2D eigenvalue weighted by molar-refractivity contribution is 6.33. The molecule has 1 aromatic heterocycles. The molecule has 1 aliphatic rings. The van der Waals surface area contributed by atoms with Crippen molar-refractivity contribution in [3.63, 3.8) is 0 Å². The number of rotatable bonds is 4. The fraction of sp³-hybridized carbons (Fsp3) is 0.500. The summed E-state index contributed by atoms with van der Waals surface area (Å²) in [6.45, 7) is 5.84. The van der Waals surface area contributed by atoms with Gasteiger partial charge in [-0.1, -0.05) is 43.7 Å². The van der Waals surface area contributed by atoms with E-state index in [1.54, 1.807) is 24.4 Å². The van der Waals surface area contributed by atoms with Crippen LogP contribution in [-0.2, 0) is 9.59 Å². The number of β-amino-alcohol motifs (C(OH)–C–C–N with tert-alkyl or cyclic N) is 1. The van der Waals surface area contributed by atoms with Crippen LogP contribution in [0, 0.1) is 5.41 Å². The lowest BCUT2D eigenvalue weighted by atomic mass is 9.85. The van der Waals surface area contributed by atoms with Crippen molar-refractivity contribution in [2.24, 2.45) is 5.41 Å². The van der Waals surface area contributed by atoms with Crippen LogP contribution < -0.4 is 11.1 Å². The number of likely N-dealkylation sites (N-methyl/N-ethyl adjacent to an activating group) is 1. The number of nitrogens with two attached hydrogens (primary N) is 1. The second-order valence-electron chi connectivity index (χ2n) is 8.60. The topological polar surface area (TPSA) is 126 Å². The van der Waals surface area contributed by atoms with Gasteiger partial charge in [-0.05, 0) is 17.5 Å². The Morgan fingerprint density at radius 1 is 1.37 bits per heavy atom. The van der Waals surface area contributed by atoms with Crippen LogP contribution in [0.4, 0.5) is 5.69 Å². The Hall–Kier alpha value is -2.65. The first-order valence-electron chi connectivity index (χ1n) is 9.70. The molecule has 2 heterocycles. The normalized spacial score (nSPS) is 20.3. The number of nitrogens with one attached hydrogen (secondary N) is 1. The Labute approximate surface area is 180 Å². The molecule has 3 atom stereocenters. The number of carbonyl (C=O) groups excluding carboxylic acids is 2. The van der Waals surface area contributed by atoms with Crippen molar-refractivity contribution in [1.29, 1.82) is 0 Å². The number of anilines is 1. The minimum Gasteiger partial charge on any atom is -0.398 e. The SMILES string of the molecule is CNC(=O)[C@@H]1C[C@@H](O)CN1C(=O)[C@@H](n1cc(-c2ccc(N)c(Cl)c2)nn1)C(C)(C)C. The summed E-state index contributed by atoms with van der Waals surface area (Å²) < 4.78 is 1.51. The maximum absolute atomic E-state index is 13.5. The smallest absolute Gasteiger partial charge is 0.248 e. The molecule has 0 aliphatic carbocycles. The molecule has 1 aromatic carbocycles. The van der Waals surface area contributed by atoms with Gasteiger partial charge in [-0.25, -0.2) is 4.68 Å². The Morgan fingerprint density at radius 2 is 2.07 bits per heavy atom. The molecule has 1 saturated heterocycles. The lowest BCUT2D eigenvalue weighted by molar-refractivity contribution is -0.144. The van der Waals surface area contributed by atoms with Crippen LogP contribution in [0.15, 0.2) is 24.4 Å². The van der Waals surface area contributed by atoms with Gasteiger partial charge in [0, 0.05) is 25.6 Å². The van der Waals surface area contributed by atoms with Crippen molar-refractivity contribution < 1.29 is 14.7 Å². The molecule has 2 aromatic rings. The number of nitrogen functional groups attached to an aromatic ring is 1. The van der Waals surface area contributed by atoms with Gasteiger partial charge in [-0.15, -0.1) is 5.10 Å². The number of hydrogen-bond donors (Lipinski definition) is 3. The first-order valence-corrected chi connectivity index (χ1v) is 10.1. The van der Waals surface area contributed by atoms with Gasteiger partial charge >= 0.3 is 0 Å². The largest absolute Gasteiger partial charge is 0.398 e. The highest BCUT2D eigenvalue weighted by atomic mass is 35.5. The number of likely N-dealkylation sites (tertiary alicyclic amines) is 1. The molecule has 4 N–H and O–H groups in total. The zero-order chi connectivity index (χ0) is 22.2. The fourth-order valence-electron chi connectivity index (χ4n) is 3.73. The third kappa shape index (κ3) is 4.27. The number of benzene rings is 1. The average molecular weight is 435 g/mol. The zero-order valence-electron chi connectivity index (χ0n) is 17.5. The van der Waals surface area contributed by atoms with Crippen molar-refractivity contribution in [2.45, 2.75) is 45.4 Å². The molecule has 1 fully saturated rings. The number of hydrogen-bond acceptors (Lipinski definition) is 6. The van der Waals surface area contributed by atoms with E-state index in [0.29, 0.717) is 16.4 Å². The molecule has 9 nitrogen and oxygen atoms in total. The van der Waals surface area contributed by atoms with Gasteiger partial charge in [0.1, 0.15) is 17.8 Å². The van der Waals surface area contributed by atoms with Crippen LogP contribution in [0.1, 0.15) is 33.2 Å². The van der Waals surface area contributed by atoms with Crippen LogP contribution in [0.3, 0.4) is 0 Å². The molecule has 0 bridgehead atoms. The summed E-state index contributed by atoms with van der Waals surface area (Å²) in [6, 6.07) is 3.71. The van der Waals surface area contributed by atoms with Gasteiger partial charge in [0.25, 0.3) is 0 Å². The van der Waals surface area contributed by atoms with Crippen LogP contribution in [-0.4, -0.2) is 62.6 Å². The van der Waals surface area contributed by atoms with Gasteiger partial charge in [0.05, 0.1) is 23.0 Å². The molecule has 10 heteroatoms. The molecule has 162 valence electrons. The third-order valence-electron chi connectivity index (χ3n) is 5.24. The lowest BCUT2D eigenvalue weighted by Crippen LogP contribution is -2.49. The van der Waals surface area contributed by atoms with Crippen LogP contribution >= 0.6 is 11.6 Å². The molecule has 30 heavy (non-hydrogen) atoms. The van der Waals surface area contributed by atoms with E-state index >= 15 is 0 Å². The molecule has 3 rings (SSSR count). The number of aliphatic hydroxyl groups is 1. The molecular weight excluding hydrogens is 408 g/mol. The van der Waals surface area contributed by atoms with Crippen molar-refractivity contribution in [2.75, 3.05) is 19.3 Å². The molecule has 0 saturated carbocycles. The van der Waals surface area contributed by atoms with Crippen LogP contribution in [0.25, 0.3) is 11.3 Å². The lowest BCUT2D eigenvalue weighted by Gasteiger charge is -2.34. The van der Waals surface area contributed by atoms with Gasteiger partial charge in [0.2, 0.25) is 11.8 Å². The number of amides is 2. The summed E-state index contributed by atoms with van der Waals surface area (Å²) in [7, 11) is 1.51. The molecule has 2 amide bonds. The maximum Gasteiger partial charge on any atom is 0.248 e. The highest BCUT2D eigenvalue weighted by Crippen LogP contribution is 2.35. The minimum atomic E-state index is -0.750. The quantitative estimate of drug-likeness (QED) is 0.625. The predicted octanol–water partition coefficient (Wildman–Crippen LogP) is 1.48. The van der Waals surface area contributed by atoms with E-state index in [-0.39, 0.29) is 24.8 Å². The number of nitrogens with zero attached hydrogens (tertiary/aromatic N) is 4. The fourth-order valence-corrected chi connectivity index (χ4v) is 3.91. The second-order valence-corrected chi connectivity index (χ2v) is 9.01. The summed E-state index contributed by atoms with van der Waals surface area (Å²) in [5, 5.41) is 21.5. The van der Waals surface area contributed by atoms with Gasteiger partial charge < -0.3 is 21.1 Å². The summed E-state index contributed by atoms with van der Waals surface area (Å²) in [4.78, 5) is 27.2. The van der Waals surface area contributed by atoms with Gasteiger partial charge in [-0.3, -0.25) is 9.59 Å². The number of halogens is 1. The minimum absolute atomic E-state index is 0.0959. The number of aliphatic hydroxyl groups excluding tert-OH is 1. The third-order valence-corrected chi connectivity index (χ3v) is 5.56. The van der Waals surface area contributed by atoms with Crippen LogP contribution in [0.2, 0.25) is 5.02 Å². The Bertz CT molecular complexity index is 954. The summed E-state index contributed by atoms with van der Waals surface area (Å²) in [5.41, 5.74) is 6.97. The Balaban J connectivity index is 1.95. The Kier molecular flexibility index (Phi) is 6.05. The highest BCUT2D eigenvalue weighted by Gasteiger charge is 2.45. The molecule has 1 aliphatic heterocycles. The molecular formula is C20H27ClN6O3. The van der Waals surface area contributed by atoms with Crippen molar-refractivity contribution in [3.05, 3.63) is 29.4 Å². The van der Waals surface area contributed by atoms with E-state index in [0.717, 1.165) is 5.56 Å². The first-order chi connectivity index (χ1) is 14.0. The van der Waals surface area contributed by atoms with Gasteiger partial charge in [-0.2, -0.15) is 0 Å². The standard InChI is InChI=1S/C20H27ClN6O3/c1-20(2,3)17(19(30)26-9-12(28)8-16(26)18(29)23-4)27-10-15(24-25-27)11-5-6-14(22)13(21)7-11/h5-7,10,12,16-17,28H,8-9,22H2,1-4H3,(H,23,29)/t12-,16+,17-/m1/s1. The molecule has 0 radical (unpaired) electrons. The van der Waals surface area contributed by atoms with Crippen LogP contribution in [0.5, 0.6) is 0 Å².